The van der Waals surface area contributed by atoms with Crippen LogP contribution in [0.25, 0.3) is 33.6 Å². The first kappa shape index (κ1) is 28.8. The molecule has 5 N–H and O–H groups in total. The molecule has 0 radical (unpaired) electrons. The minimum absolute atomic E-state index is 0.372. The third kappa shape index (κ3) is 5.97. The Morgan fingerprint density at radius 1 is 0.952 bits per heavy atom. The van der Waals surface area contributed by atoms with Crippen molar-refractivity contribution in [2.75, 3.05) is 0 Å². The molecule has 2 aromatic heterocycles. The Bertz CT molecular complexity index is 1590. The number of alkyl carbamates (subject to hydrolysis) is 1. The van der Waals surface area contributed by atoms with E-state index in [1.165, 1.54) is 0 Å². The van der Waals surface area contributed by atoms with Gasteiger partial charge in [0.05, 0.1) is 29.7 Å². The Morgan fingerprint density at radius 3 is 1.95 bits per heavy atom. The van der Waals surface area contributed by atoms with Crippen LogP contribution in [0.1, 0.15) is 70.9 Å². The second-order valence-corrected chi connectivity index (χ2v) is 11.7. The number of aromatic nitrogens is 4. The molecule has 0 aliphatic heterocycles. The van der Waals surface area contributed by atoms with E-state index < -0.39 is 29.1 Å². The number of carbonyl (C=O) groups is 2. The molecule has 0 spiro atoms. The molecule has 218 valence electrons. The van der Waals surface area contributed by atoms with E-state index in [2.05, 4.69) is 37.4 Å². The smallest absolute Gasteiger partial charge is 0.408 e. The number of rotatable bonds is 9. The van der Waals surface area contributed by atoms with Gasteiger partial charge in [0.25, 0.3) is 0 Å². The van der Waals surface area contributed by atoms with Gasteiger partial charge in [-0.1, -0.05) is 55.5 Å². The summed E-state index contributed by atoms with van der Waals surface area (Å²) in [6, 6.07) is 16.2. The van der Waals surface area contributed by atoms with E-state index in [1.807, 2.05) is 64.1 Å². The lowest BCUT2D eigenvalue weighted by Crippen LogP contribution is -2.52. The standard InChI is InChI=1S/C32H36N6O4/c1-5-23(26(33)28(39)40)27-34-17-24(36-27)21-11-7-19(8-12-21)20-9-13-22(14-10-20)25-18-35-29(37-25)32(15-6-16-32)38-30(41)42-31(2,3)4/h7-14,17-18,23,33H,5-6,15-16H2,1-4H3,(H,34,36)(H,35,37)(H,38,41)(H,39,40). The SMILES string of the molecule is CCC(C(=N)C(=O)O)c1ncc(-c2ccc(-c3ccc(-c4cnc(C5(NC(=O)OC(C)(C)C)CCC5)[nH]4)cc3)cc2)[nH]1. The van der Waals surface area contributed by atoms with Crippen molar-refractivity contribution in [3.63, 3.8) is 0 Å². The van der Waals surface area contributed by atoms with E-state index in [-0.39, 0.29) is 5.71 Å². The zero-order valence-electron chi connectivity index (χ0n) is 24.2. The molecular formula is C32H36N6O4. The summed E-state index contributed by atoms with van der Waals surface area (Å²) in [6.07, 6.45) is 6.12. The van der Waals surface area contributed by atoms with E-state index in [1.54, 1.807) is 12.4 Å². The number of hydrogen-bond acceptors (Lipinski definition) is 6. The fraction of sp³-hybridized carbons (Fsp3) is 0.344. The lowest BCUT2D eigenvalue weighted by atomic mass is 9.76. The fourth-order valence-corrected chi connectivity index (χ4v) is 5.19. The number of imidazole rings is 2. The van der Waals surface area contributed by atoms with Crippen LogP contribution in [0.3, 0.4) is 0 Å². The predicted molar refractivity (Wildman–Crippen MR) is 160 cm³/mol. The summed E-state index contributed by atoms with van der Waals surface area (Å²) >= 11 is 0. The average molecular weight is 569 g/mol. The van der Waals surface area contributed by atoms with E-state index in [9.17, 15) is 14.7 Å². The first-order valence-corrected chi connectivity index (χ1v) is 14.1. The molecule has 1 aliphatic rings. The molecule has 0 saturated heterocycles. The Balaban J connectivity index is 1.28. The topological polar surface area (TPSA) is 157 Å². The Morgan fingerprint density at radius 2 is 1.48 bits per heavy atom. The number of benzene rings is 2. The quantitative estimate of drug-likeness (QED) is 0.143. The van der Waals surface area contributed by atoms with Crippen LogP contribution in [-0.4, -0.2) is 48.4 Å². The van der Waals surface area contributed by atoms with Crippen LogP contribution >= 0.6 is 0 Å². The lowest BCUT2D eigenvalue weighted by molar-refractivity contribution is -0.129. The van der Waals surface area contributed by atoms with E-state index in [0.717, 1.165) is 58.7 Å². The summed E-state index contributed by atoms with van der Waals surface area (Å²) in [5.41, 5.74) is 4.18. The van der Waals surface area contributed by atoms with Gasteiger partial charge in [-0.05, 0) is 68.7 Å². The van der Waals surface area contributed by atoms with Crippen molar-refractivity contribution in [3.05, 3.63) is 72.6 Å². The summed E-state index contributed by atoms with van der Waals surface area (Å²) in [5.74, 6) is -0.604. The molecule has 10 nitrogen and oxygen atoms in total. The van der Waals surface area contributed by atoms with Gasteiger partial charge in [-0.15, -0.1) is 0 Å². The summed E-state index contributed by atoms with van der Waals surface area (Å²) in [7, 11) is 0. The summed E-state index contributed by atoms with van der Waals surface area (Å²) < 4.78 is 5.48. The molecule has 1 unspecified atom stereocenters. The number of aliphatic carboxylic acids is 1. The highest BCUT2D eigenvalue weighted by Crippen LogP contribution is 2.41. The second kappa shape index (κ2) is 11.3. The molecular weight excluding hydrogens is 532 g/mol. The molecule has 10 heteroatoms. The van der Waals surface area contributed by atoms with E-state index in [0.29, 0.717) is 12.2 Å². The van der Waals surface area contributed by atoms with Gasteiger partial charge in [0.1, 0.15) is 28.5 Å². The van der Waals surface area contributed by atoms with Gasteiger partial charge >= 0.3 is 12.1 Å². The van der Waals surface area contributed by atoms with Crippen molar-refractivity contribution in [2.45, 2.75) is 70.4 Å². The fourth-order valence-electron chi connectivity index (χ4n) is 5.19. The number of ether oxygens (including phenoxy) is 1. The summed E-state index contributed by atoms with van der Waals surface area (Å²) in [4.78, 5) is 39.3. The van der Waals surface area contributed by atoms with Crippen molar-refractivity contribution in [2.24, 2.45) is 0 Å². The monoisotopic (exact) mass is 568 g/mol. The van der Waals surface area contributed by atoms with Gasteiger partial charge in [0.2, 0.25) is 0 Å². The number of hydrogen-bond donors (Lipinski definition) is 5. The molecule has 1 amide bonds. The summed E-state index contributed by atoms with van der Waals surface area (Å²) in [6.45, 7) is 7.38. The maximum Gasteiger partial charge on any atom is 0.408 e. The number of H-pyrrole nitrogens is 2. The number of carboxylic acid groups (broad SMARTS) is 1. The molecule has 1 atom stereocenters. The largest absolute Gasteiger partial charge is 0.477 e. The third-order valence-corrected chi connectivity index (χ3v) is 7.61. The highest BCUT2D eigenvalue weighted by atomic mass is 16.6. The zero-order valence-corrected chi connectivity index (χ0v) is 24.2. The maximum absolute atomic E-state index is 12.5. The van der Waals surface area contributed by atoms with Crippen LogP contribution in [0.15, 0.2) is 60.9 Å². The molecule has 1 aliphatic carbocycles. The molecule has 2 heterocycles. The first-order chi connectivity index (χ1) is 20.0. The highest BCUT2D eigenvalue weighted by Gasteiger charge is 2.43. The van der Waals surface area contributed by atoms with Crippen molar-refractivity contribution in [1.29, 1.82) is 5.41 Å². The Hall–Kier alpha value is -4.73. The number of amides is 1. The second-order valence-electron chi connectivity index (χ2n) is 11.7. The van der Waals surface area contributed by atoms with Crippen molar-refractivity contribution in [3.8, 4) is 33.6 Å². The molecule has 4 aromatic rings. The molecule has 1 saturated carbocycles. The average Bonchev–Trinajstić information content (AvgIpc) is 3.61. The van der Waals surface area contributed by atoms with Crippen LogP contribution < -0.4 is 5.32 Å². The van der Waals surface area contributed by atoms with Gasteiger partial charge in [-0.2, -0.15) is 0 Å². The number of carboxylic acids is 1. The van der Waals surface area contributed by atoms with Crippen LogP contribution in [0.4, 0.5) is 4.79 Å². The van der Waals surface area contributed by atoms with Gasteiger partial charge < -0.3 is 25.1 Å². The minimum Gasteiger partial charge on any atom is -0.477 e. The lowest BCUT2D eigenvalue weighted by Gasteiger charge is -2.40. The van der Waals surface area contributed by atoms with E-state index >= 15 is 0 Å². The molecule has 2 aromatic carbocycles. The van der Waals surface area contributed by atoms with Gasteiger partial charge in [-0.3, -0.25) is 5.41 Å². The number of nitrogens with zero attached hydrogens (tertiary/aromatic N) is 2. The zero-order chi connectivity index (χ0) is 30.1. The number of aromatic amines is 2. The van der Waals surface area contributed by atoms with E-state index in [4.69, 9.17) is 10.1 Å². The molecule has 1 fully saturated rings. The minimum atomic E-state index is -1.24. The highest BCUT2D eigenvalue weighted by molar-refractivity contribution is 6.36. The van der Waals surface area contributed by atoms with Crippen LogP contribution in [0, 0.1) is 5.41 Å². The van der Waals surface area contributed by atoms with Crippen LogP contribution in [0.5, 0.6) is 0 Å². The normalized spacial score (nSPS) is 15.0. The number of carbonyl (C=O) groups excluding carboxylic acids is 1. The van der Waals surface area contributed by atoms with Crippen molar-refractivity contribution in [1.82, 2.24) is 25.3 Å². The van der Waals surface area contributed by atoms with Gasteiger partial charge in [-0.25, -0.2) is 19.6 Å². The van der Waals surface area contributed by atoms with Crippen LogP contribution in [-0.2, 0) is 15.1 Å². The summed E-state index contributed by atoms with van der Waals surface area (Å²) in [5, 5.41) is 20.1. The van der Waals surface area contributed by atoms with Crippen molar-refractivity contribution < 1.29 is 19.4 Å². The predicted octanol–water partition coefficient (Wildman–Crippen LogP) is 6.64. The molecule has 5 rings (SSSR count). The van der Waals surface area contributed by atoms with Crippen molar-refractivity contribution >= 4 is 17.8 Å². The van der Waals surface area contributed by atoms with Gasteiger partial charge in [0, 0.05) is 0 Å². The Kier molecular flexibility index (Phi) is 7.73. The first-order valence-electron chi connectivity index (χ1n) is 14.1. The maximum atomic E-state index is 12.5. The third-order valence-electron chi connectivity index (χ3n) is 7.61. The van der Waals surface area contributed by atoms with Crippen LogP contribution in [0.2, 0.25) is 0 Å². The van der Waals surface area contributed by atoms with Gasteiger partial charge in [0.15, 0.2) is 0 Å². The molecule has 0 bridgehead atoms. The molecule has 42 heavy (non-hydrogen) atoms. The number of nitrogens with one attached hydrogen (secondary N) is 4. The Labute approximate surface area is 244 Å².